The Kier molecular flexibility index (Phi) is 4.86. The first-order valence-electron chi connectivity index (χ1n) is 6.88. The van der Waals surface area contributed by atoms with Gasteiger partial charge in [0.2, 0.25) is 0 Å². The van der Waals surface area contributed by atoms with Gasteiger partial charge in [-0.15, -0.1) is 0 Å². The highest BCUT2D eigenvalue weighted by Crippen LogP contribution is 2.26. The maximum atomic E-state index is 12.9. The molecule has 2 rings (SSSR count). The molecular formula is C15H19ClFNO2. The van der Waals surface area contributed by atoms with E-state index in [2.05, 4.69) is 13.8 Å². The van der Waals surface area contributed by atoms with Gasteiger partial charge >= 0.3 is 0 Å². The fourth-order valence-corrected chi connectivity index (χ4v) is 2.94. The van der Waals surface area contributed by atoms with Gasteiger partial charge in [-0.3, -0.25) is 4.79 Å². The minimum absolute atomic E-state index is 0.0508. The SMILES string of the molecule is CC1CCCC(C)N1C(=O)COc1ccc(F)cc1Cl. The van der Waals surface area contributed by atoms with Crippen molar-refractivity contribution >= 4 is 17.5 Å². The molecule has 0 aromatic heterocycles. The van der Waals surface area contributed by atoms with Gasteiger partial charge in [0.15, 0.2) is 6.61 Å². The van der Waals surface area contributed by atoms with Crippen LogP contribution < -0.4 is 4.74 Å². The van der Waals surface area contributed by atoms with Crippen LogP contribution in [-0.2, 0) is 4.79 Å². The van der Waals surface area contributed by atoms with Crippen molar-refractivity contribution in [1.82, 2.24) is 4.90 Å². The second kappa shape index (κ2) is 6.44. The molecule has 0 radical (unpaired) electrons. The maximum absolute atomic E-state index is 12.9. The van der Waals surface area contributed by atoms with Crippen LogP contribution >= 0.6 is 11.6 Å². The van der Waals surface area contributed by atoms with E-state index in [-0.39, 0.29) is 29.6 Å². The minimum Gasteiger partial charge on any atom is -0.482 e. The number of hydrogen-bond acceptors (Lipinski definition) is 2. The Balaban J connectivity index is 1.97. The van der Waals surface area contributed by atoms with Crippen molar-refractivity contribution in [3.63, 3.8) is 0 Å². The van der Waals surface area contributed by atoms with Crippen LogP contribution in [0.1, 0.15) is 33.1 Å². The fraction of sp³-hybridized carbons (Fsp3) is 0.533. The molecule has 0 saturated carbocycles. The minimum atomic E-state index is -0.424. The summed E-state index contributed by atoms with van der Waals surface area (Å²) in [4.78, 5) is 14.1. The summed E-state index contributed by atoms with van der Waals surface area (Å²) >= 11 is 5.87. The van der Waals surface area contributed by atoms with E-state index in [0.717, 1.165) is 19.3 Å². The standard InChI is InChI=1S/C15H19ClFNO2/c1-10-4-3-5-11(2)18(10)15(19)9-20-14-7-6-12(17)8-13(14)16/h6-8,10-11H,3-5,9H2,1-2H3. The van der Waals surface area contributed by atoms with Crippen LogP contribution in [0.15, 0.2) is 18.2 Å². The van der Waals surface area contributed by atoms with Crippen molar-refractivity contribution in [2.24, 2.45) is 0 Å². The van der Waals surface area contributed by atoms with Crippen molar-refractivity contribution in [3.8, 4) is 5.75 Å². The molecule has 3 nitrogen and oxygen atoms in total. The molecular weight excluding hydrogens is 281 g/mol. The van der Waals surface area contributed by atoms with Gasteiger partial charge in [-0.25, -0.2) is 4.39 Å². The lowest BCUT2D eigenvalue weighted by atomic mass is 9.97. The first-order chi connectivity index (χ1) is 9.49. The van der Waals surface area contributed by atoms with Crippen molar-refractivity contribution in [2.75, 3.05) is 6.61 Å². The van der Waals surface area contributed by atoms with Crippen LogP contribution in [0.3, 0.4) is 0 Å². The van der Waals surface area contributed by atoms with Gasteiger partial charge < -0.3 is 9.64 Å². The zero-order valence-corrected chi connectivity index (χ0v) is 12.5. The topological polar surface area (TPSA) is 29.5 Å². The van der Waals surface area contributed by atoms with Crippen LogP contribution in [0.25, 0.3) is 0 Å². The molecule has 1 aromatic carbocycles. The van der Waals surface area contributed by atoms with Crippen molar-refractivity contribution in [3.05, 3.63) is 29.0 Å². The average molecular weight is 300 g/mol. The van der Waals surface area contributed by atoms with Gasteiger partial charge in [-0.1, -0.05) is 11.6 Å². The lowest BCUT2D eigenvalue weighted by Gasteiger charge is -2.39. The monoisotopic (exact) mass is 299 g/mol. The van der Waals surface area contributed by atoms with E-state index in [1.807, 2.05) is 4.90 Å². The number of likely N-dealkylation sites (tertiary alicyclic amines) is 1. The molecule has 110 valence electrons. The number of hydrogen-bond donors (Lipinski definition) is 0. The normalized spacial score (nSPS) is 22.7. The molecule has 1 amide bonds. The highest BCUT2D eigenvalue weighted by atomic mass is 35.5. The van der Waals surface area contributed by atoms with Gasteiger partial charge in [0.1, 0.15) is 11.6 Å². The number of nitrogens with zero attached hydrogens (tertiary/aromatic N) is 1. The van der Waals surface area contributed by atoms with E-state index >= 15 is 0 Å². The molecule has 0 bridgehead atoms. The number of halogens is 2. The molecule has 0 N–H and O–H groups in total. The molecule has 1 heterocycles. The maximum Gasteiger partial charge on any atom is 0.260 e. The van der Waals surface area contributed by atoms with Crippen LogP contribution in [0.4, 0.5) is 4.39 Å². The number of carbonyl (C=O) groups excluding carboxylic acids is 1. The van der Waals surface area contributed by atoms with Crippen LogP contribution in [0.2, 0.25) is 5.02 Å². The highest BCUT2D eigenvalue weighted by molar-refractivity contribution is 6.32. The quantitative estimate of drug-likeness (QED) is 0.852. The van der Waals surface area contributed by atoms with Crippen molar-refractivity contribution in [2.45, 2.75) is 45.2 Å². The lowest BCUT2D eigenvalue weighted by Crippen LogP contribution is -2.49. The summed E-state index contributed by atoms with van der Waals surface area (Å²) in [6, 6.07) is 4.34. The van der Waals surface area contributed by atoms with Crippen LogP contribution in [-0.4, -0.2) is 29.5 Å². The molecule has 2 unspecified atom stereocenters. The molecule has 1 aromatic rings. The Hall–Kier alpha value is -1.29. The lowest BCUT2D eigenvalue weighted by molar-refractivity contribution is -0.139. The molecule has 1 aliphatic heterocycles. The zero-order chi connectivity index (χ0) is 14.7. The third-order valence-corrected chi connectivity index (χ3v) is 4.02. The summed E-state index contributed by atoms with van der Waals surface area (Å²) in [5, 5.41) is 0.178. The summed E-state index contributed by atoms with van der Waals surface area (Å²) in [6.07, 6.45) is 3.19. The molecule has 0 aliphatic carbocycles. The Morgan fingerprint density at radius 1 is 1.40 bits per heavy atom. The molecule has 1 aliphatic rings. The van der Waals surface area contributed by atoms with Crippen molar-refractivity contribution in [1.29, 1.82) is 0 Å². The first-order valence-corrected chi connectivity index (χ1v) is 7.26. The van der Waals surface area contributed by atoms with Gasteiger partial charge in [0.25, 0.3) is 5.91 Å². The Morgan fingerprint density at radius 2 is 2.05 bits per heavy atom. The molecule has 1 saturated heterocycles. The van der Waals surface area contributed by atoms with Gasteiger partial charge in [-0.05, 0) is 51.3 Å². The van der Waals surface area contributed by atoms with E-state index < -0.39 is 5.82 Å². The zero-order valence-electron chi connectivity index (χ0n) is 11.7. The first kappa shape index (κ1) is 15.1. The second-order valence-corrected chi connectivity index (χ2v) is 5.70. The summed E-state index contributed by atoms with van der Waals surface area (Å²) in [6.45, 7) is 4.04. The molecule has 0 spiro atoms. The summed E-state index contributed by atoms with van der Waals surface area (Å²) < 4.78 is 18.3. The predicted molar refractivity (Wildman–Crippen MR) is 76.5 cm³/mol. The highest BCUT2D eigenvalue weighted by Gasteiger charge is 2.29. The van der Waals surface area contributed by atoms with E-state index in [1.165, 1.54) is 18.2 Å². The van der Waals surface area contributed by atoms with E-state index in [0.29, 0.717) is 5.75 Å². The van der Waals surface area contributed by atoms with Gasteiger partial charge in [0.05, 0.1) is 5.02 Å². The van der Waals surface area contributed by atoms with E-state index in [1.54, 1.807) is 0 Å². The largest absolute Gasteiger partial charge is 0.482 e. The number of carbonyl (C=O) groups is 1. The number of amides is 1. The molecule has 5 heteroatoms. The van der Waals surface area contributed by atoms with Gasteiger partial charge in [-0.2, -0.15) is 0 Å². The number of benzene rings is 1. The average Bonchev–Trinajstić information content (AvgIpc) is 2.37. The molecule has 2 atom stereocenters. The number of rotatable bonds is 3. The van der Waals surface area contributed by atoms with Crippen LogP contribution in [0, 0.1) is 5.82 Å². The van der Waals surface area contributed by atoms with Gasteiger partial charge in [0, 0.05) is 12.1 Å². The van der Waals surface area contributed by atoms with E-state index in [9.17, 15) is 9.18 Å². The number of ether oxygens (including phenoxy) is 1. The summed E-state index contributed by atoms with van der Waals surface area (Å²) in [7, 11) is 0. The fourth-order valence-electron chi connectivity index (χ4n) is 2.72. The third kappa shape index (κ3) is 3.42. The van der Waals surface area contributed by atoms with Crippen LogP contribution in [0.5, 0.6) is 5.75 Å². The predicted octanol–water partition coefficient (Wildman–Crippen LogP) is 3.65. The van der Waals surface area contributed by atoms with E-state index in [4.69, 9.17) is 16.3 Å². The number of piperidine rings is 1. The third-order valence-electron chi connectivity index (χ3n) is 3.73. The molecule has 20 heavy (non-hydrogen) atoms. The second-order valence-electron chi connectivity index (χ2n) is 5.29. The summed E-state index contributed by atoms with van der Waals surface area (Å²) in [5.41, 5.74) is 0. The smallest absolute Gasteiger partial charge is 0.260 e. The Bertz CT molecular complexity index is 485. The Morgan fingerprint density at radius 3 is 2.65 bits per heavy atom. The summed E-state index contributed by atoms with van der Waals surface area (Å²) in [5.74, 6) is -0.143. The Labute approximate surface area is 123 Å². The van der Waals surface area contributed by atoms with Crippen molar-refractivity contribution < 1.29 is 13.9 Å². The molecule has 1 fully saturated rings.